The lowest BCUT2D eigenvalue weighted by atomic mass is 10.3. The maximum Gasteiger partial charge on any atom is 0.335 e. The first-order valence-corrected chi connectivity index (χ1v) is 10.6. The van der Waals surface area contributed by atoms with Crippen LogP contribution in [0.5, 0.6) is 0 Å². The second-order valence-electron chi connectivity index (χ2n) is 5.94. The minimum atomic E-state index is -2.09. The molecule has 0 aromatic rings. The van der Waals surface area contributed by atoms with Gasteiger partial charge in [0.25, 0.3) is 0 Å². The normalized spacial score (nSPS) is 24.1. The molecule has 0 saturated carbocycles. The minimum absolute atomic E-state index is 0.275. The third kappa shape index (κ3) is 7.74. The molecule has 1 aliphatic rings. The van der Waals surface area contributed by atoms with E-state index in [0.717, 1.165) is 45.1 Å². The summed E-state index contributed by atoms with van der Waals surface area (Å²) in [4.78, 5) is 0. The molecular formula is C15H32O4Si. The average molecular weight is 305 g/mol. The summed E-state index contributed by atoms with van der Waals surface area (Å²) < 4.78 is 23.2. The molecule has 0 amide bonds. The predicted octanol–water partition coefficient (Wildman–Crippen LogP) is 3.49. The van der Waals surface area contributed by atoms with Gasteiger partial charge in [-0.25, -0.2) is 0 Å². The van der Waals surface area contributed by atoms with Gasteiger partial charge in [-0.1, -0.05) is 13.8 Å². The van der Waals surface area contributed by atoms with Crippen molar-refractivity contribution >= 4 is 8.56 Å². The first-order chi connectivity index (χ1) is 9.49. The van der Waals surface area contributed by atoms with Crippen molar-refractivity contribution in [2.24, 2.45) is 0 Å². The summed E-state index contributed by atoms with van der Waals surface area (Å²) >= 11 is 0. The molecule has 1 rings (SSSR count). The Hall–Kier alpha value is 0.0569. The van der Waals surface area contributed by atoms with Crippen LogP contribution in [-0.4, -0.2) is 46.7 Å². The first-order valence-electron chi connectivity index (χ1n) is 8.04. The SMILES string of the molecule is CCC(C)O[Si](C)(CCCOCC1CO1)OC(C)CC. The molecule has 120 valence electrons. The van der Waals surface area contributed by atoms with E-state index in [2.05, 4.69) is 34.2 Å². The maximum absolute atomic E-state index is 6.24. The van der Waals surface area contributed by atoms with Crippen LogP contribution in [0.25, 0.3) is 0 Å². The summed E-state index contributed by atoms with van der Waals surface area (Å²) in [5, 5.41) is 0. The van der Waals surface area contributed by atoms with Crippen molar-refractivity contribution in [1.29, 1.82) is 0 Å². The van der Waals surface area contributed by atoms with Crippen molar-refractivity contribution in [3.05, 3.63) is 0 Å². The lowest BCUT2D eigenvalue weighted by Crippen LogP contribution is -2.44. The molecule has 1 aliphatic heterocycles. The zero-order valence-corrected chi connectivity index (χ0v) is 14.8. The number of epoxide rings is 1. The van der Waals surface area contributed by atoms with E-state index < -0.39 is 8.56 Å². The molecule has 1 fully saturated rings. The quantitative estimate of drug-likeness (QED) is 0.314. The van der Waals surface area contributed by atoms with Gasteiger partial charge in [0.2, 0.25) is 0 Å². The molecule has 4 nitrogen and oxygen atoms in total. The van der Waals surface area contributed by atoms with E-state index in [0.29, 0.717) is 6.10 Å². The monoisotopic (exact) mass is 304 g/mol. The number of hydrogen-bond donors (Lipinski definition) is 0. The van der Waals surface area contributed by atoms with E-state index in [1.165, 1.54) is 0 Å². The van der Waals surface area contributed by atoms with Crippen molar-refractivity contribution in [3.63, 3.8) is 0 Å². The zero-order chi connectivity index (χ0) is 15.0. The molecule has 0 N–H and O–H groups in total. The van der Waals surface area contributed by atoms with E-state index in [1.54, 1.807) is 0 Å². The van der Waals surface area contributed by atoms with E-state index in [-0.39, 0.29) is 12.2 Å². The summed E-state index contributed by atoms with van der Waals surface area (Å²) in [5.41, 5.74) is 0. The highest BCUT2D eigenvalue weighted by Crippen LogP contribution is 2.22. The molecule has 3 atom stereocenters. The van der Waals surface area contributed by atoms with E-state index in [1.807, 2.05) is 0 Å². The van der Waals surface area contributed by atoms with Crippen LogP contribution in [0.1, 0.15) is 47.0 Å². The molecule has 0 bridgehead atoms. The molecule has 0 aliphatic carbocycles. The molecule has 5 heteroatoms. The van der Waals surface area contributed by atoms with Crippen LogP contribution >= 0.6 is 0 Å². The highest BCUT2D eigenvalue weighted by molar-refractivity contribution is 6.66. The van der Waals surface area contributed by atoms with Gasteiger partial charge in [0.1, 0.15) is 6.10 Å². The standard InChI is InChI=1S/C15H32O4Si/c1-6-13(3)18-20(5,19-14(4)7-2)10-8-9-16-11-15-12-17-15/h13-15H,6-12H2,1-5H3. The van der Waals surface area contributed by atoms with E-state index >= 15 is 0 Å². The highest BCUT2D eigenvalue weighted by Gasteiger charge is 2.34. The molecule has 0 aromatic carbocycles. The number of hydrogen-bond acceptors (Lipinski definition) is 4. The zero-order valence-electron chi connectivity index (χ0n) is 13.8. The van der Waals surface area contributed by atoms with Crippen LogP contribution in [0, 0.1) is 0 Å². The van der Waals surface area contributed by atoms with Crippen LogP contribution in [0.3, 0.4) is 0 Å². The highest BCUT2D eigenvalue weighted by atomic mass is 28.4. The first kappa shape index (κ1) is 18.1. The molecule has 1 heterocycles. The van der Waals surface area contributed by atoms with E-state index in [9.17, 15) is 0 Å². The van der Waals surface area contributed by atoms with Crippen LogP contribution in [0.2, 0.25) is 12.6 Å². The number of ether oxygens (including phenoxy) is 2. The Kier molecular flexibility index (Phi) is 8.29. The number of rotatable bonds is 12. The Morgan fingerprint density at radius 2 is 1.70 bits per heavy atom. The fourth-order valence-corrected chi connectivity index (χ4v) is 5.15. The molecule has 1 saturated heterocycles. The molecule has 0 aromatic heterocycles. The van der Waals surface area contributed by atoms with Gasteiger partial charge in [0.05, 0.1) is 13.2 Å². The summed E-state index contributed by atoms with van der Waals surface area (Å²) in [6.45, 7) is 13.1. The molecule has 0 spiro atoms. The topological polar surface area (TPSA) is 40.2 Å². The van der Waals surface area contributed by atoms with Crippen LogP contribution in [-0.2, 0) is 18.3 Å². The van der Waals surface area contributed by atoms with Crippen molar-refractivity contribution in [3.8, 4) is 0 Å². The fourth-order valence-electron chi connectivity index (χ4n) is 2.04. The third-order valence-corrected chi connectivity index (χ3v) is 6.74. The Labute approximate surface area is 125 Å². The summed E-state index contributed by atoms with van der Waals surface area (Å²) in [5.74, 6) is 0. The predicted molar refractivity (Wildman–Crippen MR) is 83.3 cm³/mol. The van der Waals surface area contributed by atoms with Gasteiger partial charge in [-0.2, -0.15) is 0 Å². The Morgan fingerprint density at radius 1 is 1.15 bits per heavy atom. The van der Waals surface area contributed by atoms with Gasteiger partial charge in [-0.3, -0.25) is 0 Å². The fraction of sp³-hybridized carbons (Fsp3) is 1.00. The van der Waals surface area contributed by atoms with Gasteiger partial charge < -0.3 is 18.3 Å². The Morgan fingerprint density at radius 3 is 2.15 bits per heavy atom. The molecular weight excluding hydrogens is 272 g/mol. The van der Waals surface area contributed by atoms with Crippen molar-refractivity contribution < 1.29 is 18.3 Å². The molecule has 3 unspecified atom stereocenters. The second-order valence-corrected chi connectivity index (χ2v) is 9.18. The average Bonchev–Trinajstić information content (AvgIpc) is 3.21. The van der Waals surface area contributed by atoms with Crippen LogP contribution in [0.15, 0.2) is 0 Å². The Bertz CT molecular complexity index is 246. The smallest absolute Gasteiger partial charge is 0.335 e. The lowest BCUT2D eigenvalue weighted by molar-refractivity contribution is 0.0841. The third-order valence-electron chi connectivity index (χ3n) is 3.68. The van der Waals surface area contributed by atoms with Gasteiger partial charge in [-0.05, 0) is 45.7 Å². The maximum atomic E-state index is 6.24. The van der Waals surface area contributed by atoms with E-state index in [4.69, 9.17) is 18.3 Å². The van der Waals surface area contributed by atoms with Gasteiger partial charge in [0, 0.05) is 18.8 Å². The van der Waals surface area contributed by atoms with Gasteiger partial charge in [0.15, 0.2) is 0 Å². The van der Waals surface area contributed by atoms with Crippen LogP contribution in [0.4, 0.5) is 0 Å². The molecule has 20 heavy (non-hydrogen) atoms. The van der Waals surface area contributed by atoms with Gasteiger partial charge in [-0.15, -0.1) is 0 Å². The minimum Gasteiger partial charge on any atom is -0.392 e. The van der Waals surface area contributed by atoms with Crippen molar-refractivity contribution in [2.45, 2.75) is 77.9 Å². The van der Waals surface area contributed by atoms with Crippen molar-refractivity contribution in [2.75, 3.05) is 19.8 Å². The van der Waals surface area contributed by atoms with Crippen molar-refractivity contribution in [1.82, 2.24) is 0 Å². The van der Waals surface area contributed by atoms with Crippen LogP contribution < -0.4 is 0 Å². The Balaban J connectivity index is 2.30. The molecule has 0 radical (unpaired) electrons. The summed E-state index contributed by atoms with van der Waals surface area (Å²) in [6.07, 6.45) is 3.96. The second kappa shape index (κ2) is 9.15. The summed E-state index contributed by atoms with van der Waals surface area (Å²) in [6, 6.07) is 0.993. The summed E-state index contributed by atoms with van der Waals surface area (Å²) in [7, 11) is -2.09. The lowest BCUT2D eigenvalue weighted by Gasteiger charge is -2.32. The largest absolute Gasteiger partial charge is 0.392 e. The van der Waals surface area contributed by atoms with Gasteiger partial charge >= 0.3 is 8.56 Å².